The maximum absolute atomic E-state index is 8.82. The van der Waals surface area contributed by atoms with Gasteiger partial charge in [0.15, 0.2) is 0 Å². The van der Waals surface area contributed by atoms with Crippen molar-refractivity contribution >= 4 is 5.69 Å². The summed E-state index contributed by atoms with van der Waals surface area (Å²) in [6.07, 6.45) is 2.44. The topological polar surface area (TPSA) is 44.7 Å². The molecule has 0 radical (unpaired) electrons. The van der Waals surface area contributed by atoms with Crippen molar-refractivity contribution in [3.63, 3.8) is 0 Å². The van der Waals surface area contributed by atoms with Gasteiger partial charge in [-0.25, -0.2) is 0 Å². The highest BCUT2D eigenvalue weighted by Gasteiger charge is 2.20. The average molecular weight is 354 g/mol. The molecular weight excluding hydrogens is 324 g/mol. The lowest BCUT2D eigenvalue weighted by Crippen LogP contribution is -2.41. The van der Waals surface area contributed by atoms with E-state index in [1.165, 1.54) is 35.2 Å². The summed E-state index contributed by atoms with van der Waals surface area (Å²) >= 11 is 0. The number of nitrogens with zero attached hydrogens (tertiary/aromatic N) is 1. The molecule has 3 rings (SSSR count). The van der Waals surface area contributed by atoms with Crippen LogP contribution >= 0.6 is 0 Å². The molecule has 140 valence electrons. The minimum atomic E-state index is 0.0461. The van der Waals surface area contributed by atoms with Gasteiger partial charge in [0.1, 0.15) is 12.4 Å². The number of aliphatic hydroxyl groups is 1. The number of benzene rings is 2. The molecule has 1 aliphatic heterocycles. The summed E-state index contributed by atoms with van der Waals surface area (Å²) in [7, 11) is 0. The molecule has 0 unspecified atom stereocenters. The maximum Gasteiger partial charge on any atom is 0.119 e. The highest BCUT2D eigenvalue weighted by molar-refractivity contribution is 5.48. The van der Waals surface area contributed by atoms with Crippen LogP contribution in [-0.4, -0.2) is 42.4 Å². The number of hydrogen-bond acceptors (Lipinski definition) is 4. The van der Waals surface area contributed by atoms with E-state index < -0.39 is 0 Å². The number of hydrogen-bond donors (Lipinski definition) is 2. The summed E-state index contributed by atoms with van der Waals surface area (Å²) in [5.41, 5.74) is 5.21. The van der Waals surface area contributed by atoms with Crippen LogP contribution < -0.4 is 10.1 Å². The predicted octanol–water partition coefficient (Wildman–Crippen LogP) is 3.75. The fourth-order valence-corrected chi connectivity index (χ4v) is 3.50. The van der Waals surface area contributed by atoms with Crippen molar-refractivity contribution < 1.29 is 9.84 Å². The van der Waals surface area contributed by atoms with Crippen LogP contribution in [0.2, 0.25) is 0 Å². The van der Waals surface area contributed by atoms with Crippen molar-refractivity contribution in [1.29, 1.82) is 0 Å². The Bertz CT molecular complexity index is 700. The Hall–Kier alpha value is -2.04. The van der Waals surface area contributed by atoms with Crippen LogP contribution in [0.3, 0.4) is 0 Å². The van der Waals surface area contributed by atoms with Crippen molar-refractivity contribution in [2.24, 2.45) is 0 Å². The van der Waals surface area contributed by atoms with E-state index in [0.717, 1.165) is 25.4 Å². The third kappa shape index (κ3) is 5.23. The molecule has 1 atom stereocenters. The van der Waals surface area contributed by atoms with Crippen LogP contribution in [-0.2, 0) is 6.54 Å². The molecule has 0 aromatic heterocycles. The normalized spacial score (nSPS) is 17.9. The van der Waals surface area contributed by atoms with Crippen molar-refractivity contribution in [3.8, 4) is 5.75 Å². The zero-order valence-corrected chi connectivity index (χ0v) is 15.9. The van der Waals surface area contributed by atoms with Crippen molar-refractivity contribution in [2.45, 2.75) is 39.3 Å². The lowest BCUT2D eigenvalue weighted by atomic mass is 10.0. The predicted molar refractivity (Wildman–Crippen MR) is 107 cm³/mol. The van der Waals surface area contributed by atoms with Crippen LogP contribution in [0.1, 0.15) is 29.5 Å². The zero-order chi connectivity index (χ0) is 18.4. The number of aryl methyl sites for hydroxylation is 2. The van der Waals surface area contributed by atoms with Crippen LogP contribution in [0.25, 0.3) is 0 Å². The number of nitrogens with one attached hydrogen (secondary N) is 1. The van der Waals surface area contributed by atoms with Crippen LogP contribution in [0.4, 0.5) is 5.69 Å². The first-order valence-corrected chi connectivity index (χ1v) is 9.53. The minimum absolute atomic E-state index is 0.0461. The van der Waals surface area contributed by atoms with E-state index in [0.29, 0.717) is 12.6 Å². The molecule has 1 fully saturated rings. The number of anilines is 1. The van der Waals surface area contributed by atoms with E-state index in [1.54, 1.807) is 0 Å². The van der Waals surface area contributed by atoms with Gasteiger partial charge in [0.05, 0.1) is 6.61 Å². The smallest absolute Gasteiger partial charge is 0.119 e. The maximum atomic E-state index is 8.82. The number of rotatable bonds is 7. The van der Waals surface area contributed by atoms with Gasteiger partial charge in [-0.3, -0.25) is 4.90 Å². The van der Waals surface area contributed by atoms with Crippen LogP contribution in [0, 0.1) is 13.8 Å². The van der Waals surface area contributed by atoms with E-state index in [4.69, 9.17) is 9.84 Å². The second-order valence-electron chi connectivity index (χ2n) is 7.23. The number of piperidine rings is 1. The largest absolute Gasteiger partial charge is 0.491 e. The van der Waals surface area contributed by atoms with Crippen molar-refractivity contribution in [3.05, 3.63) is 59.2 Å². The van der Waals surface area contributed by atoms with Crippen LogP contribution in [0.15, 0.2) is 42.5 Å². The molecular formula is C22H30N2O2. The molecule has 2 N–H and O–H groups in total. The standard InChI is InChI=1S/C22H30N2O2/c1-17-5-8-20(14-18(17)2)23-21-4-3-11-24(16-21)15-19-6-9-22(10-7-19)26-13-12-25/h5-10,14,21,23,25H,3-4,11-13,15-16H2,1-2H3/t21-/m0/s1. The lowest BCUT2D eigenvalue weighted by molar-refractivity contribution is 0.200. The monoisotopic (exact) mass is 354 g/mol. The van der Waals surface area contributed by atoms with Crippen molar-refractivity contribution in [1.82, 2.24) is 4.90 Å². The molecule has 4 nitrogen and oxygen atoms in total. The van der Waals surface area contributed by atoms with Gasteiger partial charge in [-0.2, -0.15) is 0 Å². The first-order valence-electron chi connectivity index (χ1n) is 9.53. The van der Waals surface area contributed by atoms with Gasteiger partial charge in [-0.1, -0.05) is 18.2 Å². The molecule has 1 heterocycles. The minimum Gasteiger partial charge on any atom is -0.491 e. The van der Waals surface area contributed by atoms with Crippen LogP contribution in [0.5, 0.6) is 5.75 Å². The Morgan fingerprint density at radius 2 is 1.92 bits per heavy atom. The summed E-state index contributed by atoms with van der Waals surface area (Å²) in [5, 5.41) is 12.5. The Morgan fingerprint density at radius 3 is 2.65 bits per heavy atom. The van der Waals surface area contributed by atoms with E-state index in [2.05, 4.69) is 54.4 Å². The van der Waals surface area contributed by atoms with E-state index >= 15 is 0 Å². The molecule has 0 bridgehead atoms. The average Bonchev–Trinajstić information content (AvgIpc) is 2.65. The van der Waals surface area contributed by atoms with Crippen molar-refractivity contribution in [2.75, 3.05) is 31.6 Å². The molecule has 2 aromatic carbocycles. The first kappa shape index (κ1) is 18.7. The van der Waals surface area contributed by atoms with Gasteiger partial charge in [0.2, 0.25) is 0 Å². The Labute approximate surface area is 156 Å². The van der Waals surface area contributed by atoms with Gasteiger partial charge < -0.3 is 15.2 Å². The summed E-state index contributed by atoms with van der Waals surface area (Å²) < 4.78 is 5.43. The third-order valence-corrected chi connectivity index (χ3v) is 5.07. The summed E-state index contributed by atoms with van der Waals surface area (Å²) in [5.74, 6) is 0.815. The summed E-state index contributed by atoms with van der Waals surface area (Å²) in [4.78, 5) is 2.52. The molecule has 0 saturated carbocycles. The van der Waals surface area contributed by atoms with Gasteiger partial charge in [-0.05, 0) is 74.2 Å². The number of aliphatic hydroxyl groups excluding tert-OH is 1. The molecule has 26 heavy (non-hydrogen) atoms. The van der Waals surface area contributed by atoms with E-state index in [-0.39, 0.29) is 6.61 Å². The quantitative estimate of drug-likeness (QED) is 0.795. The number of likely N-dealkylation sites (tertiary alicyclic amines) is 1. The molecule has 0 amide bonds. The Kier molecular flexibility index (Phi) is 6.53. The van der Waals surface area contributed by atoms with Gasteiger partial charge in [-0.15, -0.1) is 0 Å². The fraction of sp³-hybridized carbons (Fsp3) is 0.455. The number of ether oxygens (including phenoxy) is 1. The van der Waals surface area contributed by atoms with Gasteiger partial charge in [0, 0.05) is 24.8 Å². The van der Waals surface area contributed by atoms with E-state index in [9.17, 15) is 0 Å². The zero-order valence-electron chi connectivity index (χ0n) is 15.9. The molecule has 1 aliphatic rings. The lowest BCUT2D eigenvalue weighted by Gasteiger charge is -2.33. The highest BCUT2D eigenvalue weighted by Crippen LogP contribution is 2.21. The third-order valence-electron chi connectivity index (χ3n) is 5.07. The molecule has 2 aromatic rings. The van der Waals surface area contributed by atoms with Gasteiger partial charge in [0.25, 0.3) is 0 Å². The molecule has 0 spiro atoms. The summed E-state index contributed by atoms with van der Waals surface area (Å²) in [6, 6.07) is 15.3. The highest BCUT2D eigenvalue weighted by atomic mass is 16.5. The first-order chi connectivity index (χ1) is 12.6. The Morgan fingerprint density at radius 1 is 1.12 bits per heavy atom. The summed E-state index contributed by atoms with van der Waals surface area (Å²) in [6.45, 7) is 7.89. The van der Waals surface area contributed by atoms with E-state index in [1.807, 2.05) is 12.1 Å². The SMILES string of the molecule is Cc1ccc(N[C@H]2CCCN(Cc3ccc(OCCO)cc3)C2)cc1C. The molecule has 0 aliphatic carbocycles. The molecule has 4 heteroatoms. The second-order valence-corrected chi connectivity index (χ2v) is 7.23. The Balaban J connectivity index is 1.53. The second kappa shape index (κ2) is 9.06. The fourth-order valence-electron chi connectivity index (χ4n) is 3.50. The molecule has 1 saturated heterocycles. The van der Waals surface area contributed by atoms with Gasteiger partial charge >= 0.3 is 0 Å².